The lowest BCUT2D eigenvalue weighted by atomic mass is 9.44. The smallest absolute Gasteiger partial charge is 0.171 e. The van der Waals surface area contributed by atoms with Gasteiger partial charge in [0, 0.05) is 12.3 Å². The van der Waals surface area contributed by atoms with E-state index in [-0.39, 0.29) is 11.9 Å². The Labute approximate surface area is 183 Å². The molecular weight excluding hydrogens is 372 g/mol. The number of hydrogen-bond acceptors (Lipinski definition) is 3. The third-order valence-corrected chi connectivity index (χ3v) is 11.9. The molecule has 2 aliphatic heterocycles. The number of ether oxygens (including phenoxy) is 2. The Morgan fingerprint density at radius 1 is 0.833 bits per heavy atom. The number of aliphatic hydroxyl groups excluding tert-OH is 1. The Morgan fingerprint density at radius 2 is 1.63 bits per heavy atom. The molecule has 1 N–H and O–H groups in total. The van der Waals surface area contributed by atoms with Gasteiger partial charge >= 0.3 is 0 Å². The summed E-state index contributed by atoms with van der Waals surface area (Å²) in [7, 11) is 0. The quantitative estimate of drug-likeness (QED) is 0.543. The summed E-state index contributed by atoms with van der Waals surface area (Å²) in [6.45, 7) is 10.9. The van der Waals surface area contributed by atoms with Crippen molar-refractivity contribution in [1.29, 1.82) is 0 Å². The van der Waals surface area contributed by atoms with E-state index in [1.54, 1.807) is 0 Å². The number of aliphatic hydroxyl groups is 1. The van der Waals surface area contributed by atoms with E-state index in [2.05, 4.69) is 27.7 Å². The van der Waals surface area contributed by atoms with Crippen LogP contribution in [-0.2, 0) is 9.47 Å². The first-order chi connectivity index (χ1) is 14.3. The minimum absolute atomic E-state index is 0.0389. The summed E-state index contributed by atoms with van der Waals surface area (Å²) >= 11 is 0. The minimum atomic E-state index is -0.282. The van der Waals surface area contributed by atoms with Gasteiger partial charge in [0.05, 0.1) is 18.8 Å². The lowest BCUT2D eigenvalue weighted by Gasteiger charge is -2.61. The van der Waals surface area contributed by atoms with Crippen LogP contribution < -0.4 is 0 Å². The summed E-state index contributed by atoms with van der Waals surface area (Å²) in [4.78, 5) is 0. The van der Waals surface area contributed by atoms with Crippen LogP contribution in [0.15, 0.2) is 0 Å². The molecule has 30 heavy (non-hydrogen) atoms. The molecule has 0 bridgehead atoms. The molecule has 4 aliphatic carbocycles. The Kier molecular flexibility index (Phi) is 4.58. The molecule has 2 saturated heterocycles. The van der Waals surface area contributed by atoms with Crippen LogP contribution in [0.1, 0.15) is 91.9 Å². The summed E-state index contributed by atoms with van der Waals surface area (Å²) in [5.41, 5.74) is 0.899. The Morgan fingerprint density at radius 3 is 2.40 bits per heavy atom. The maximum Gasteiger partial charge on any atom is 0.171 e. The molecule has 0 amide bonds. The van der Waals surface area contributed by atoms with Crippen LogP contribution in [0, 0.1) is 52.3 Å². The SMILES string of the molecule is C[C@H]1CC[C@@]2(OC1)O[C@H]1C[C@H]3[C@@H]4CCC5C[C@@H](O)CC[C@]5(C)[C@H]4CC[C@]3(C)[C@H]1[C@@H]2C. The van der Waals surface area contributed by atoms with E-state index < -0.39 is 0 Å². The van der Waals surface area contributed by atoms with Crippen LogP contribution in [0.5, 0.6) is 0 Å². The van der Waals surface area contributed by atoms with Crippen LogP contribution >= 0.6 is 0 Å². The zero-order valence-corrected chi connectivity index (χ0v) is 19.7. The molecule has 1 spiro atoms. The molecule has 6 aliphatic rings. The Bertz CT molecular complexity index is 684. The minimum Gasteiger partial charge on any atom is -0.393 e. The summed E-state index contributed by atoms with van der Waals surface area (Å²) in [6.07, 6.45) is 12.9. The molecule has 1 unspecified atom stereocenters. The fourth-order valence-electron chi connectivity index (χ4n) is 10.3. The molecule has 3 heteroatoms. The maximum atomic E-state index is 10.3. The van der Waals surface area contributed by atoms with Crippen molar-refractivity contribution in [3.05, 3.63) is 0 Å². The van der Waals surface area contributed by atoms with Crippen LogP contribution in [0.4, 0.5) is 0 Å². The largest absolute Gasteiger partial charge is 0.393 e. The van der Waals surface area contributed by atoms with Crippen molar-refractivity contribution in [2.24, 2.45) is 52.3 Å². The monoisotopic (exact) mass is 416 g/mol. The molecular formula is C27H44O3. The zero-order valence-electron chi connectivity index (χ0n) is 19.7. The van der Waals surface area contributed by atoms with E-state index in [0.717, 1.165) is 49.5 Å². The molecule has 0 radical (unpaired) electrons. The predicted octanol–water partition coefficient (Wildman–Crippen LogP) is 5.79. The zero-order chi connectivity index (χ0) is 20.9. The fourth-order valence-corrected chi connectivity index (χ4v) is 10.3. The second-order valence-corrected chi connectivity index (χ2v) is 13.1. The highest BCUT2D eigenvalue weighted by Crippen LogP contribution is 2.71. The average molecular weight is 417 g/mol. The second kappa shape index (κ2) is 6.70. The van der Waals surface area contributed by atoms with Crippen LogP contribution in [-0.4, -0.2) is 29.7 Å². The highest BCUT2D eigenvalue weighted by Gasteiger charge is 2.69. The van der Waals surface area contributed by atoms with Gasteiger partial charge in [0.25, 0.3) is 0 Å². The molecule has 12 atom stereocenters. The lowest BCUT2D eigenvalue weighted by Crippen LogP contribution is -2.55. The van der Waals surface area contributed by atoms with Crippen LogP contribution in [0.2, 0.25) is 0 Å². The molecule has 3 nitrogen and oxygen atoms in total. The highest BCUT2D eigenvalue weighted by atomic mass is 16.7. The number of rotatable bonds is 0. The van der Waals surface area contributed by atoms with E-state index in [1.165, 1.54) is 44.9 Å². The third-order valence-electron chi connectivity index (χ3n) is 11.9. The first kappa shape index (κ1) is 20.5. The van der Waals surface area contributed by atoms with Gasteiger partial charge < -0.3 is 14.6 Å². The standard InChI is InChI=1S/C27H44O3/c1-16-7-12-27(29-15-16)17(2)24-23(30-27)14-22-20-6-5-18-13-19(28)8-10-25(18,3)21(20)9-11-26(22,24)4/h16-24,28H,5-15H2,1-4H3/t16-,17-,18?,19-,20+,21-,22-,23-,24-,25-,26-,27+/m0/s1. The first-order valence-corrected chi connectivity index (χ1v) is 13.3. The molecule has 0 aromatic heterocycles. The van der Waals surface area contributed by atoms with Gasteiger partial charge in [-0.05, 0) is 104 Å². The summed E-state index contributed by atoms with van der Waals surface area (Å²) in [6, 6.07) is 0. The summed E-state index contributed by atoms with van der Waals surface area (Å²) < 4.78 is 13.4. The van der Waals surface area contributed by atoms with Crippen molar-refractivity contribution in [2.45, 2.75) is 110 Å². The molecule has 170 valence electrons. The van der Waals surface area contributed by atoms with Crippen molar-refractivity contribution in [1.82, 2.24) is 0 Å². The van der Waals surface area contributed by atoms with Crippen LogP contribution in [0.25, 0.3) is 0 Å². The average Bonchev–Trinajstić information content (AvgIpc) is 3.16. The summed E-state index contributed by atoms with van der Waals surface area (Å²) in [5, 5.41) is 10.3. The van der Waals surface area contributed by atoms with Crippen molar-refractivity contribution in [3.8, 4) is 0 Å². The Balaban J connectivity index is 1.26. The number of fused-ring (bicyclic) bond motifs is 7. The van der Waals surface area contributed by atoms with E-state index >= 15 is 0 Å². The lowest BCUT2D eigenvalue weighted by molar-refractivity contribution is -0.273. The van der Waals surface area contributed by atoms with Gasteiger partial charge in [-0.25, -0.2) is 0 Å². The van der Waals surface area contributed by atoms with Gasteiger partial charge in [0.2, 0.25) is 0 Å². The van der Waals surface area contributed by atoms with E-state index in [4.69, 9.17) is 9.47 Å². The van der Waals surface area contributed by atoms with Gasteiger partial charge in [0.15, 0.2) is 5.79 Å². The van der Waals surface area contributed by atoms with E-state index in [1.807, 2.05) is 0 Å². The van der Waals surface area contributed by atoms with Crippen LogP contribution in [0.3, 0.4) is 0 Å². The normalized spacial score (nSPS) is 62.5. The first-order valence-electron chi connectivity index (χ1n) is 13.3. The van der Waals surface area contributed by atoms with Crippen molar-refractivity contribution >= 4 is 0 Å². The van der Waals surface area contributed by atoms with Gasteiger partial charge in [0.1, 0.15) is 0 Å². The fraction of sp³-hybridized carbons (Fsp3) is 1.00. The molecule has 6 fully saturated rings. The van der Waals surface area contributed by atoms with Gasteiger partial charge in [-0.2, -0.15) is 0 Å². The van der Waals surface area contributed by atoms with Crippen molar-refractivity contribution in [2.75, 3.05) is 6.61 Å². The second-order valence-electron chi connectivity index (χ2n) is 13.1. The highest BCUT2D eigenvalue weighted by molar-refractivity contribution is 5.15. The maximum absolute atomic E-state index is 10.3. The molecule has 4 saturated carbocycles. The van der Waals surface area contributed by atoms with E-state index in [9.17, 15) is 5.11 Å². The van der Waals surface area contributed by atoms with Gasteiger partial charge in [-0.1, -0.05) is 27.7 Å². The number of hydrogen-bond donors (Lipinski definition) is 1. The van der Waals surface area contributed by atoms with Gasteiger partial charge in [-0.15, -0.1) is 0 Å². The Hall–Kier alpha value is -0.120. The topological polar surface area (TPSA) is 38.7 Å². The molecule has 0 aromatic rings. The summed E-state index contributed by atoms with van der Waals surface area (Å²) in [5.74, 6) is 4.93. The third kappa shape index (κ3) is 2.61. The predicted molar refractivity (Wildman–Crippen MR) is 118 cm³/mol. The van der Waals surface area contributed by atoms with E-state index in [0.29, 0.717) is 34.7 Å². The molecule has 0 aromatic carbocycles. The molecule has 6 rings (SSSR count). The van der Waals surface area contributed by atoms with Crippen molar-refractivity contribution < 1.29 is 14.6 Å². The van der Waals surface area contributed by atoms with Crippen molar-refractivity contribution in [3.63, 3.8) is 0 Å². The molecule has 2 heterocycles. The van der Waals surface area contributed by atoms with Gasteiger partial charge in [-0.3, -0.25) is 0 Å².